The van der Waals surface area contributed by atoms with E-state index in [4.69, 9.17) is 22.1 Å². The molecule has 1 saturated heterocycles. The molecule has 1 aliphatic heterocycles. The first-order chi connectivity index (χ1) is 10.7. The topological polar surface area (TPSA) is 55.6 Å². The second-order valence-corrected chi connectivity index (χ2v) is 6.66. The molecule has 22 heavy (non-hydrogen) atoms. The number of benzene rings is 1. The minimum atomic E-state index is -0.0623. The fraction of sp³-hybridized carbons (Fsp3) is 0.588. The first-order valence-corrected chi connectivity index (χ1v) is 8.42. The third-order valence-electron chi connectivity index (χ3n) is 4.90. The highest BCUT2D eigenvalue weighted by atomic mass is 35.5. The zero-order valence-electron chi connectivity index (χ0n) is 12.7. The van der Waals surface area contributed by atoms with Gasteiger partial charge in [0.05, 0.1) is 13.2 Å². The fourth-order valence-corrected chi connectivity index (χ4v) is 3.73. The van der Waals surface area contributed by atoms with Crippen molar-refractivity contribution < 1.29 is 9.53 Å². The number of nitrogens with two attached hydrogens (primary N) is 1. The van der Waals surface area contributed by atoms with Crippen LogP contribution in [-0.2, 0) is 9.53 Å². The van der Waals surface area contributed by atoms with Crippen molar-refractivity contribution >= 4 is 17.5 Å². The third-order valence-corrected chi connectivity index (χ3v) is 5.15. The van der Waals surface area contributed by atoms with Crippen molar-refractivity contribution in [2.75, 3.05) is 26.2 Å². The summed E-state index contributed by atoms with van der Waals surface area (Å²) < 4.78 is 5.84. The molecule has 1 amide bonds. The maximum absolute atomic E-state index is 12.8. The Balaban J connectivity index is 1.67. The van der Waals surface area contributed by atoms with E-state index in [0.29, 0.717) is 37.2 Å². The van der Waals surface area contributed by atoms with Gasteiger partial charge < -0.3 is 15.4 Å². The van der Waals surface area contributed by atoms with Crippen LogP contribution in [0, 0.1) is 11.8 Å². The van der Waals surface area contributed by atoms with Crippen LogP contribution in [0.1, 0.15) is 30.9 Å². The highest BCUT2D eigenvalue weighted by molar-refractivity contribution is 6.30. The normalized spacial score (nSPS) is 28.8. The summed E-state index contributed by atoms with van der Waals surface area (Å²) in [4.78, 5) is 14.8. The number of carbonyl (C=O) groups is 1. The molecule has 3 atom stereocenters. The summed E-state index contributed by atoms with van der Waals surface area (Å²) in [6, 6.07) is 7.67. The van der Waals surface area contributed by atoms with Crippen molar-refractivity contribution in [3.05, 3.63) is 34.9 Å². The Hall–Kier alpha value is -1.10. The molecule has 1 heterocycles. The van der Waals surface area contributed by atoms with Crippen LogP contribution in [0.5, 0.6) is 0 Å². The second kappa shape index (κ2) is 6.99. The molecule has 1 aromatic rings. The lowest BCUT2D eigenvalue weighted by atomic mass is 9.94. The summed E-state index contributed by atoms with van der Waals surface area (Å²) in [6.45, 7) is 2.49. The average molecular weight is 323 g/mol. The summed E-state index contributed by atoms with van der Waals surface area (Å²) in [5.41, 5.74) is 6.89. The number of rotatable bonds is 3. The van der Waals surface area contributed by atoms with Crippen molar-refractivity contribution in [2.45, 2.75) is 25.4 Å². The third kappa shape index (κ3) is 3.29. The van der Waals surface area contributed by atoms with Crippen LogP contribution in [0.2, 0.25) is 5.02 Å². The fourth-order valence-electron chi connectivity index (χ4n) is 3.61. The van der Waals surface area contributed by atoms with Gasteiger partial charge in [0.1, 0.15) is 6.10 Å². The van der Waals surface area contributed by atoms with E-state index >= 15 is 0 Å². The Morgan fingerprint density at radius 2 is 2.09 bits per heavy atom. The van der Waals surface area contributed by atoms with Crippen molar-refractivity contribution in [1.82, 2.24) is 4.90 Å². The first kappa shape index (κ1) is 15.8. The number of nitrogens with zero attached hydrogens (tertiary/aromatic N) is 1. The van der Waals surface area contributed by atoms with E-state index in [0.717, 1.165) is 24.8 Å². The Bertz CT molecular complexity index is 520. The Morgan fingerprint density at radius 1 is 1.32 bits per heavy atom. The number of morpholine rings is 1. The smallest absolute Gasteiger partial charge is 0.226 e. The summed E-state index contributed by atoms with van der Waals surface area (Å²) in [6.07, 6.45) is 3.11. The molecule has 1 aromatic carbocycles. The zero-order chi connectivity index (χ0) is 15.5. The molecular weight excluding hydrogens is 300 g/mol. The van der Waals surface area contributed by atoms with Gasteiger partial charge in [0.2, 0.25) is 5.91 Å². The summed E-state index contributed by atoms with van der Waals surface area (Å²) in [7, 11) is 0. The van der Waals surface area contributed by atoms with E-state index in [1.54, 1.807) is 0 Å². The monoisotopic (exact) mass is 322 g/mol. The summed E-state index contributed by atoms with van der Waals surface area (Å²) in [5.74, 6) is 0.716. The van der Waals surface area contributed by atoms with Crippen LogP contribution in [0.3, 0.4) is 0 Å². The van der Waals surface area contributed by atoms with E-state index in [-0.39, 0.29) is 17.9 Å². The van der Waals surface area contributed by atoms with Gasteiger partial charge in [0.15, 0.2) is 0 Å². The predicted octanol–water partition coefficient (Wildman–Crippen LogP) is 2.61. The Kier molecular flexibility index (Phi) is 5.01. The molecule has 2 N–H and O–H groups in total. The van der Waals surface area contributed by atoms with Crippen molar-refractivity contribution in [3.8, 4) is 0 Å². The van der Waals surface area contributed by atoms with Crippen LogP contribution in [0.4, 0.5) is 0 Å². The SMILES string of the molecule is NC[C@H]1CCC[C@H]1C(=O)N1CCOC(c2ccc(Cl)cc2)C1. The molecular formula is C17H23ClN2O2. The van der Waals surface area contributed by atoms with Gasteiger partial charge in [-0.05, 0) is 43.0 Å². The number of hydrogen-bond donors (Lipinski definition) is 1. The Labute approximate surface area is 136 Å². The van der Waals surface area contributed by atoms with Crippen LogP contribution >= 0.6 is 11.6 Å². The van der Waals surface area contributed by atoms with Crippen molar-refractivity contribution in [3.63, 3.8) is 0 Å². The molecule has 1 saturated carbocycles. The Morgan fingerprint density at radius 3 is 2.82 bits per heavy atom. The van der Waals surface area contributed by atoms with E-state index in [9.17, 15) is 4.79 Å². The average Bonchev–Trinajstić information content (AvgIpc) is 3.03. The maximum atomic E-state index is 12.8. The molecule has 3 rings (SSSR count). The summed E-state index contributed by atoms with van der Waals surface area (Å²) in [5, 5.41) is 0.712. The lowest BCUT2D eigenvalue weighted by molar-refractivity contribution is -0.144. The number of ether oxygens (including phenoxy) is 1. The van der Waals surface area contributed by atoms with Crippen LogP contribution in [0.15, 0.2) is 24.3 Å². The van der Waals surface area contributed by atoms with Gasteiger partial charge in [0.25, 0.3) is 0 Å². The molecule has 120 valence electrons. The first-order valence-electron chi connectivity index (χ1n) is 8.05. The van der Waals surface area contributed by atoms with Crippen molar-refractivity contribution in [2.24, 2.45) is 17.6 Å². The number of amides is 1. The molecule has 5 heteroatoms. The van der Waals surface area contributed by atoms with Gasteiger partial charge in [-0.25, -0.2) is 0 Å². The molecule has 4 nitrogen and oxygen atoms in total. The quantitative estimate of drug-likeness (QED) is 0.930. The molecule has 0 radical (unpaired) electrons. The van der Waals surface area contributed by atoms with Crippen LogP contribution in [-0.4, -0.2) is 37.0 Å². The van der Waals surface area contributed by atoms with Crippen LogP contribution < -0.4 is 5.73 Å². The number of hydrogen-bond acceptors (Lipinski definition) is 3. The summed E-state index contributed by atoms with van der Waals surface area (Å²) >= 11 is 5.93. The lowest BCUT2D eigenvalue weighted by Gasteiger charge is -2.35. The van der Waals surface area contributed by atoms with Gasteiger partial charge in [-0.3, -0.25) is 4.79 Å². The minimum absolute atomic E-state index is 0.0623. The minimum Gasteiger partial charge on any atom is -0.370 e. The van der Waals surface area contributed by atoms with E-state index < -0.39 is 0 Å². The molecule has 2 aliphatic rings. The molecule has 2 fully saturated rings. The highest BCUT2D eigenvalue weighted by Gasteiger charge is 2.36. The number of carbonyl (C=O) groups excluding carboxylic acids is 1. The van der Waals surface area contributed by atoms with E-state index in [1.165, 1.54) is 0 Å². The lowest BCUT2D eigenvalue weighted by Crippen LogP contribution is -2.46. The standard InChI is InChI=1S/C17H23ClN2O2/c18-14-6-4-12(5-7-14)16-11-20(8-9-22-16)17(21)15-3-1-2-13(15)10-19/h4-7,13,15-16H,1-3,8-11,19H2/t13-,15-,16?/m1/s1. The number of halogens is 1. The maximum Gasteiger partial charge on any atom is 0.226 e. The van der Waals surface area contributed by atoms with E-state index in [2.05, 4.69) is 0 Å². The van der Waals surface area contributed by atoms with Gasteiger partial charge in [0, 0.05) is 17.5 Å². The zero-order valence-corrected chi connectivity index (χ0v) is 13.5. The molecule has 1 unspecified atom stereocenters. The molecule has 0 aromatic heterocycles. The molecule has 0 spiro atoms. The largest absolute Gasteiger partial charge is 0.370 e. The van der Waals surface area contributed by atoms with Gasteiger partial charge in [-0.15, -0.1) is 0 Å². The second-order valence-electron chi connectivity index (χ2n) is 6.23. The van der Waals surface area contributed by atoms with Gasteiger partial charge in [-0.1, -0.05) is 30.2 Å². The van der Waals surface area contributed by atoms with Crippen LogP contribution in [0.25, 0.3) is 0 Å². The van der Waals surface area contributed by atoms with Crippen molar-refractivity contribution in [1.29, 1.82) is 0 Å². The van der Waals surface area contributed by atoms with Gasteiger partial charge >= 0.3 is 0 Å². The highest BCUT2D eigenvalue weighted by Crippen LogP contribution is 2.33. The molecule has 0 bridgehead atoms. The predicted molar refractivity (Wildman–Crippen MR) is 86.6 cm³/mol. The van der Waals surface area contributed by atoms with E-state index in [1.807, 2.05) is 29.2 Å². The molecule has 1 aliphatic carbocycles. The van der Waals surface area contributed by atoms with Gasteiger partial charge in [-0.2, -0.15) is 0 Å².